The highest BCUT2D eigenvalue weighted by Crippen LogP contribution is 2.34. The molecule has 0 radical (unpaired) electrons. The van der Waals surface area contributed by atoms with E-state index in [-0.39, 0.29) is 24.8 Å². The molecule has 1 saturated heterocycles. The van der Waals surface area contributed by atoms with Crippen LogP contribution < -0.4 is 10.5 Å². The zero-order valence-corrected chi connectivity index (χ0v) is 17.8. The molecule has 29 heavy (non-hydrogen) atoms. The molecule has 6 heteroatoms. The van der Waals surface area contributed by atoms with Gasteiger partial charge in [-0.15, -0.1) is 24.8 Å². The topological polar surface area (TPSA) is 51.4 Å². The Morgan fingerprint density at radius 2 is 1.69 bits per heavy atom. The normalized spacial score (nSPS) is 18.5. The van der Waals surface area contributed by atoms with E-state index in [1.807, 2.05) is 24.3 Å². The third-order valence-electron chi connectivity index (χ3n) is 5.28. The van der Waals surface area contributed by atoms with Crippen LogP contribution in [0.5, 0.6) is 11.5 Å². The first-order valence-corrected chi connectivity index (χ1v) is 9.46. The van der Waals surface area contributed by atoms with E-state index >= 15 is 0 Å². The first-order valence-electron chi connectivity index (χ1n) is 9.46. The summed E-state index contributed by atoms with van der Waals surface area (Å²) < 4.78 is 6.07. The van der Waals surface area contributed by atoms with Crippen molar-refractivity contribution in [3.63, 3.8) is 0 Å². The minimum absolute atomic E-state index is 0. The van der Waals surface area contributed by atoms with E-state index in [1.54, 1.807) is 12.4 Å². The molecular weight excluding hydrogens is 405 g/mol. The van der Waals surface area contributed by atoms with Crippen LogP contribution >= 0.6 is 24.8 Å². The van der Waals surface area contributed by atoms with Gasteiger partial charge in [0.25, 0.3) is 0 Å². The predicted molar refractivity (Wildman–Crippen MR) is 122 cm³/mol. The molecule has 0 amide bonds. The van der Waals surface area contributed by atoms with Crippen molar-refractivity contribution in [1.29, 1.82) is 0 Å². The summed E-state index contributed by atoms with van der Waals surface area (Å²) >= 11 is 0. The molecule has 2 aromatic carbocycles. The van der Waals surface area contributed by atoms with Gasteiger partial charge in [-0.1, -0.05) is 48.5 Å². The van der Waals surface area contributed by atoms with Gasteiger partial charge in [0.2, 0.25) is 0 Å². The van der Waals surface area contributed by atoms with Crippen LogP contribution in [0.3, 0.4) is 0 Å². The van der Waals surface area contributed by atoms with Crippen LogP contribution in [0, 0.1) is 5.92 Å². The lowest BCUT2D eigenvalue weighted by atomic mass is 9.89. The summed E-state index contributed by atoms with van der Waals surface area (Å²) in [5, 5.41) is 0. The lowest BCUT2D eigenvalue weighted by Crippen LogP contribution is -2.23. The second kappa shape index (κ2) is 11.2. The van der Waals surface area contributed by atoms with Gasteiger partial charge in [0.15, 0.2) is 0 Å². The van der Waals surface area contributed by atoms with Crippen molar-refractivity contribution in [3.05, 3.63) is 90.3 Å². The van der Waals surface area contributed by atoms with Gasteiger partial charge in [-0.3, -0.25) is 9.88 Å². The van der Waals surface area contributed by atoms with Gasteiger partial charge < -0.3 is 10.5 Å². The maximum Gasteiger partial charge on any atom is 0.145 e. The van der Waals surface area contributed by atoms with Crippen LogP contribution in [-0.4, -0.2) is 29.5 Å². The fourth-order valence-electron chi connectivity index (χ4n) is 3.92. The maximum atomic E-state index is 6.09. The molecule has 2 N–H and O–H groups in total. The minimum Gasteiger partial charge on any atom is -0.455 e. The number of hydrogen-bond acceptors (Lipinski definition) is 4. The molecule has 154 valence electrons. The van der Waals surface area contributed by atoms with E-state index < -0.39 is 0 Å². The average Bonchev–Trinajstić information content (AvgIpc) is 3.14. The molecule has 1 fully saturated rings. The monoisotopic (exact) mass is 431 g/mol. The molecule has 1 aliphatic heterocycles. The summed E-state index contributed by atoms with van der Waals surface area (Å²) in [5.74, 6) is 2.62. The molecule has 4 rings (SSSR count). The molecule has 2 atom stereocenters. The van der Waals surface area contributed by atoms with Gasteiger partial charge in [-0.25, -0.2) is 0 Å². The lowest BCUT2D eigenvalue weighted by Gasteiger charge is -2.18. The van der Waals surface area contributed by atoms with Crippen molar-refractivity contribution in [1.82, 2.24) is 9.88 Å². The van der Waals surface area contributed by atoms with Crippen LogP contribution in [0.2, 0.25) is 0 Å². The lowest BCUT2D eigenvalue weighted by molar-refractivity contribution is 0.311. The van der Waals surface area contributed by atoms with Crippen LogP contribution in [0.25, 0.3) is 0 Å². The summed E-state index contributed by atoms with van der Waals surface area (Å²) in [6.07, 6.45) is 3.49. The smallest absolute Gasteiger partial charge is 0.145 e. The molecule has 1 aliphatic rings. The number of benzene rings is 2. The quantitative estimate of drug-likeness (QED) is 0.603. The number of rotatable bonds is 6. The average molecular weight is 432 g/mol. The Morgan fingerprint density at radius 3 is 2.41 bits per heavy atom. The van der Waals surface area contributed by atoms with Gasteiger partial charge in [0.05, 0.1) is 6.20 Å². The molecule has 0 saturated carbocycles. The number of nitrogens with zero attached hydrogens (tertiary/aromatic N) is 2. The standard InChI is InChI=1S/C23H25N3O.2ClH/c24-13-20-16-26(17-22(20)18-7-2-1-3-8-18)15-19-9-4-5-11-23(19)27-21-10-6-12-25-14-21;;/h1-12,14,20,22H,13,15-17,24H2;2*1H/t20-,22+;;/m1../s1. The Labute approximate surface area is 184 Å². The molecule has 0 unspecified atom stereocenters. The summed E-state index contributed by atoms with van der Waals surface area (Å²) in [4.78, 5) is 6.62. The molecule has 3 aromatic rings. The summed E-state index contributed by atoms with van der Waals surface area (Å²) in [5.41, 5.74) is 8.66. The van der Waals surface area contributed by atoms with Crippen LogP contribution in [-0.2, 0) is 6.54 Å². The van der Waals surface area contributed by atoms with Crippen LogP contribution in [0.15, 0.2) is 79.1 Å². The number of pyridine rings is 1. The SMILES string of the molecule is Cl.Cl.NC[C@@H]1CN(Cc2ccccc2Oc2cccnc2)C[C@H]1c1ccccc1. The van der Waals surface area contributed by atoms with Crippen LogP contribution in [0.4, 0.5) is 0 Å². The maximum absolute atomic E-state index is 6.09. The number of nitrogens with two attached hydrogens (primary N) is 1. The Hall–Kier alpha value is -2.11. The van der Waals surface area contributed by atoms with Crippen molar-refractivity contribution in [3.8, 4) is 11.5 Å². The molecule has 0 bridgehead atoms. The van der Waals surface area contributed by atoms with E-state index in [0.29, 0.717) is 18.4 Å². The fraction of sp³-hybridized carbons (Fsp3) is 0.261. The second-order valence-corrected chi connectivity index (χ2v) is 7.11. The van der Waals surface area contributed by atoms with Crippen LogP contribution in [0.1, 0.15) is 17.0 Å². The van der Waals surface area contributed by atoms with Gasteiger partial charge in [-0.05, 0) is 36.2 Å². The van der Waals surface area contributed by atoms with Crippen molar-refractivity contribution in [2.24, 2.45) is 11.7 Å². The Kier molecular flexibility index (Phi) is 8.93. The molecule has 1 aromatic heterocycles. The Balaban J connectivity index is 0.00000150. The number of hydrogen-bond donors (Lipinski definition) is 1. The van der Waals surface area contributed by atoms with Gasteiger partial charge in [-0.2, -0.15) is 0 Å². The van der Waals surface area contributed by atoms with Crippen molar-refractivity contribution < 1.29 is 4.74 Å². The Morgan fingerprint density at radius 1 is 0.931 bits per heavy atom. The van der Waals surface area contributed by atoms with Crippen molar-refractivity contribution >= 4 is 24.8 Å². The van der Waals surface area contributed by atoms with E-state index in [2.05, 4.69) is 52.3 Å². The minimum atomic E-state index is 0. The second-order valence-electron chi connectivity index (χ2n) is 7.11. The zero-order valence-electron chi connectivity index (χ0n) is 16.2. The summed E-state index contributed by atoms with van der Waals surface area (Å²) in [7, 11) is 0. The Bertz CT molecular complexity index is 864. The summed E-state index contributed by atoms with van der Waals surface area (Å²) in [6.45, 7) is 3.60. The van der Waals surface area contributed by atoms with Crippen molar-refractivity contribution in [2.75, 3.05) is 19.6 Å². The van der Waals surface area contributed by atoms with E-state index in [0.717, 1.165) is 31.1 Å². The number of aromatic nitrogens is 1. The first kappa shape index (κ1) is 23.2. The van der Waals surface area contributed by atoms with Gasteiger partial charge >= 0.3 is 0 Å². The van der Waals surface area contributed by atoms with E-state index in [9.17, 15) is 0 Å². The van der Waals surface area contributed by atoms with E-state index in [4.69, 9.17) is 10.5 Å². The first-order chi connectivity index (χ1) is 13.3. The third-order valence-corrected chi connectivity index (χ3v) is 5.28. The molecular formula is C23H27Cl2N3O. The number of halogens is 2. The molecule has 0 aliphatic carbocycles. The molecule has 0 spiro atoms. The highest BCUT2D eigenvalue weighted by atomic mass is 35.5. The molecule has 2 heterocycles. The predicted octanol–water partition coefficient (Wildman–Crippen LogP) is 4.89. The van der Waals surface area contributed by atoms with E-state index in [1.165, 1.54) is 11.1 Å². The number of para-hydroxylation sites is 1. The largest absolute Gasteiger partial charge is 0.455 e. The number of likely N-dealkylation sites (tertiary alicyclic amines) is 1. The molecule has 4 nitrogen and oxygen atoms in total. The fourth-order valence-corrected chi connectivity index (χ4v) is 3.92. The van der Waals surface area contributed by atoms with Gasteiger partial charge in [0.1, 0.15) is 11.5 Å². The highest BCUT2D eigenvalue weighted by molar-refractivity contribution is 5.85. The zero-order chi connectivity index (χ0) is 18.5. The van der Waals surface area contributed by atoms with Crippen molar-refractivity contribution in [2.45, 2.75) is 12.5 Å². The summed E-state index contributed by atoms with van der Waals surface area (Å²) in [6, 6.07) is 22.8. The van der Waals surface area contributed by atoms with Gasteiger partial charge in [0, 0.05) is 37.3 Å². The third kappa shape index (κ3) is 5.71. The highest BCUT2D eigenvalue weighted by Gasteiger charge is 2.33. The number of ether oxygens (including phenoxy) is 1.